The average Bonchev–Trinajstić information content (AvgIpc) is 2.46. The van der Waals surface area contributed by atoms with E-state index < -0.39 is 19.1 Å². The molecule has 0 fully saturated rings. The Labute approximate surface area is 116 Å². The lowest BCUT2D eigenvalue weighted by Gasteiger charge is -2.11. The van der Waals surface area contributed by atoms with Crippen molar-refractivity contribution in [2.24, 2.45) is 5.90 Å². The van der Waals surface area contributed by atoms with Crippen molar-refractivity contribution in [3.8, 4) is 0 Å². The third kappa shape index (κ3) is 3.80. The summed E-state index contributed by atoms with van der Waals surface area (Å²) in [4.78, 5) is 23.6. The molecule has 1 rings (SSSR count). The van der Waals surface area contributed by atoms with Crippen molar-refractivity contribution >= 4 is 24.5 Å². The van der Waals surface area contributed by atoms with E-state index in [1.807, 2.05) is 0 Å². The van der Waals surface area contributed by atoms with Gasteiger partial charge in [-0.2, -0.15) is 0 Å². The van der Waals surface area contributed by atoms with Gasteiger partial charge in [-0.05, 0) is 31.4 Å². The van der Waals surface area contributed by atoms with E-state index in [0.717, 1.165) is 0 Å². The minimum absolute atomic E-state index is 0.0149. The predicted octanol–water partition coefficient (Wildman–Crippen LogP) is -0.382. The van der Waals surface area contributed by atoms with Gasteiger partial charge in [0.2, 0.25) is 0 Å². The quantitative estimate of drug-likeness (QED) is 0.415. The van der Waals surface area contributed by atoms with Gasteiger partial charge in [-0.1, -0.05) is 6.07 Å². The van der Waals surface area contributed by atoms with E-state index in [-0.39, 0.29) is 29.8 Å². The number of nitrogens with two attached hydrogens (primary N) is 1. The largest absolute Gasteiger partial charge is 0.508 e. The number of hydrogen-bond donors (Lipinski definition) is 2. The van der Waals surface area contributed by atoms with Crippen LogP contribution in [0, 0.1) is 0 Å². The van der Waals surface area contributed by atoms with Crippen LogP contribution < -0.4 is 11.4 Å². The first-order valence-electron chi connectivity index (χ1n) is 6.06. The minimum Gasteiger partial charge on any atom is -0.462 e. The molecule has 0 aromatic heterocycles. The van der Waals surface area contributed by atoms with Gasteiger partial charge in [0, 0.05) is 0 Å². The van der Waals surface area contributed by atoms with Gasteiger partial charge in [0.25, 0.3) is 0 Å². The summed E-state index contributed by atoms with van der Waals surface area (Å²) in [6, 6.07) is 4.04. The van der Waals surface area contributed by atoms with Crippen LogP contribution in [0.3, 0.4) is 0 Å². The Bertz CT molecular complexity index is 493. The summed E-state index contributed by atoms with van der Waals surface area (Å²) in [5, 5.41) is 9.48. The molecule has 0 aliphatic heterocycles. The van der Waals surface area contributed by atoms with Crippen LogP contribution in [0.4, 0.5) is 0 Å². The first kappa shape index (κ1) is 16.2. The second-order valence-electron chi connectivity index (χ2n) is 3.73. The number of ether oxygens (including phenoxy) is 2. The van der Waals surface area contributed by atoms with Gasteiger partial charge >= 0.3 is 19.1 Å². The summed E-state index contributed by atoms with van der Waals surface area (Å²) in [7, 11) is -1.40. The highest BCUT2D eigenvalue weighted by Crippen LogP contribution is 2.11. The summed E-state index contributed by atoms with van der Waals surface area (Å²) in [6.07, 6.45) is 0. The number of benzene rings is 1. The molecule has 1 aromatic rings. The molecule has 1 aromatic carbocycles. The Kier molecular flexibility index (Phi) is 6.17. The van der Waals surface area contributed by atoms with E-state index >= 15 is 0 Å². The molecule has 7 nitrogen and oxygen atoms in total. The zero-order valence-corrected chi connectivity index (χ0v) is 11.3. The van der Waals surface area contributed by atoms with E-state index in [2.05, 4.69) is 4.76 Å². The van der Waals surface area contributed by atoms with E-state index in [1.165, 1.54) is 18.2 Å². The van der Waals surface area contributed by atoms with Crippen molar-refractivity contribution in [3.63, 3.8) is 0 Å². The van der Waals surface area contributed by atoms with Crippen molar-refractivity contribution < 1.29 is 28.8 Å². The van der Waals surface area contributed by atoms with Crippen LogP contribution in [0.15, 0.2) is 18.2 Å². The lowest BCUT2D eigenvalue weighted by atomic mass is 9.78. The highest BCUT2D eigenvalue weighted by Gasteiger charge is 2.23. The molecule has 0 amide bonds. The minimum atomic E-state index is -1.40. The van der Waals surface area contributed by atoms with Crippen molar-refractivity contribution in [1.29, 1.82) is 0 Å². The molecule has 0 saturated carbocycles. The van der Waals surface area contributed by atoms with E-state index in [0.29, 0.717) is 0 Å². The smallest absolute Gasteiger partial charge is 0.462 e. The Morgan fingerprint density at radius 2 is 1.70 bits per heavy atom. The van der Waals surface area contributed by atoms with Crippen molar-refractivity contribution in [1.82, 2.24) is 0 Å². The highest BCUT2D eigenvalue weighted by atomic mass is 16.6. The fraction of sp³-hybridized carbons (Fsp3) is 0.333. The van der Waals surface area contributed by atoms with Gasteiger partial charge in [-0.3, -0.25) is 0 Å². The van der Waals surface area contributed by atoms with Crippen molar-refractivity contribution in [2.75, 3.05) is 13.2 Å². The molecular weight excluding hydrogens is 265 g/mol. The maximum atomic E-state index is 11.9. The molecule has 3 N–H and O–H groups in total. The van der Waals surface area contributed by atoms with Crippen LogP contribution in [-0.2, 0) is 14.2 Å². The van der Waals surface area contributed by atoms with Crippen molar-refractivity contribution in [2.45, 2.75) is 13.8 Å². The van der Waals surface area contributed by atoms with Gasteiger partial charge in [-0.15, -0.1) is 0 Å². The second-order valence-corrected chi connectivity index (χ2v) is 3.73. The van der Waals surface area contributed by atoms with Crippen LogP contribution in [0.1, 0.15) is 34.6 Å². The fourth-order valence-corrected chi connectivity index (χ4v) is 1.56. The summed E-state index contributed by atoms with van der Waals surface area (Å²) in [5.41, 5.74) is 0.265. The molecule has 0 heterocycles. The molecule has 8 heteroatoms. The molecule has 0 aliphatic carbocycles. The fourth-order valence-electron chi connectivity index (χ4n) is 1.56. The molecule has 0 radical (unpaired) electrons. The van der Waals surface area contributed by atoms with Crippen LogP contribution >= 0.6 is 0 Å². The molecule has 0 saturated heterocycles. The standard InChI is InChI=1S/C12H16BNO6/c1-3-18-11(15)9-6-5-8(13(17)20-14)7-10(9)12(16)19-4-2/h5-7,17H,3-4,14H2,1-2H3. The Hall–Kier alpha value is -1.90. The van der Waals surface area contributed by atoms with Crippen molar-refractivity contribution in [3.05, 3.63) is 29.3 Å². The lowest BCUT2D eigenvalue weighted by molar-refractivity contribution is 0.0479. The maximum absolute atomic E-state index is 11.9. The summed E-state index contributed by atoms with van der Waals surface area (Å²) >= 11 is 0. The first-order valence-corrected chi connectivity index (χ1v) is 6.06. The second kappa shape index (κ2) is 7.64. The first-order chi connectivity index (χ1) is 9.54. The summed E-state index contributed by atoms with van der Waals surface area (Å²) in [5.74, 6) is 3.54. The summed E-state index contributed by atoms with van der Waals surface area (Å²) < 4.78 is 14.0. The third-order valence-corrected chi connectivity index (χ3v) is 2.45. The van der Waals surface area contributed by atoms with E-state index in [1.54, 1.807) is 13.8 Å². The van der Waals surface area contributed by atoms with Crippen LogP contribution in [0.2, 0.25) is 0 Å². The normalized spacial score (nSPS) is 10.0. The molecule has 0 aliphatic rings. The van der Waals surface area contributed by atoms with Gasteiger partial charge in [0.15, 0.2) is 0 Å². The lowest BCUT2D eigenvalue weighted by Crippen LogP contribution is -2.37. The SMILES string of the molecule is CCOC(=O)c1ccc(B(O)ON)cc1C(=O)OCC. The molecule has 0 unspecified atom stereocenters. The number of hydrogen-bond acceptors (Lipinski definition) is 7. The third-order valence-electron chi connectivity index (χ3n) is 2.45. The van der Waals surface area contributed by atoms with Gasteiger partial charge in [-0.25, -0.2) is 15.5 Å². The van der Waals surface area contributed by atoms with Gasteiger partial charge < -0.3 is 19.3 Å². The molecule has 0 atom stereocenters. The van der Waals surface area contributed by atoms with Crippen LogP contribution in [0.5, 0.6) is 0 Å². The molecular formula is C12H16BNO6. The van der Waals surface area contributed by atoms with Crippen LogP contribution in [-0.4, -0.2) is 37.3 Å². The monoisotopic (exact) mass is 281 g/mol. The number of carbonyl (C=O) groups is 2. The van der Waals surface area contributed by atoms with E-state index in [9.17, 15) is 14.6 Å². The topological polar surface area (TPSA) is 108 Å². The molecule has 0 bridgehead atoms. The highest BCUT2D eigenvalue weighted by molar-refractivity contribution is 6.60. The molecule has 0 spiro atoms. The predicted molar refractivity (Wildman–Crippen MR) is 71.2 cm³/mol. The number of rotatable bonds is 6. The van der Waals surface area contributed by atoms with E-state index in [4.69, 9.17) is 15.4 Å². The summed E-state index contributed by atoms with van der Waals surface area (Å²) in [6.45, 7) is 3.63. The van der Waals surface area contributed by atoms with Gasteiger partial charge in [0.05, 0.1) is 24.3 Å². The number of esters is 2. The Morgan fingerprint density at radius 3 is 2.20 bits per heavy atom. The number of carbonyl (C=O) groups excluding carboxylic acids is 2. The average molecular weight is 281 g/mol. The molecule has 20 heavy (non-hydrogen) atoms. The molecule has 108 valence electrons. The Balaban J connectivity index is 3.22. The zero-order chi connectivity index (χ0) is 15.1. The maximum Gasteiger partial charge on any atom is 0.508 e. The zero-order valence-electron chi connectivity index (χ0n) is 11.3. The van der Waals surface area contributed by atoms with Gasteiger partial charge in [0.1, 0.15) is 0 Å². The Morgan fingerprint density at radius 1 is 1.15 bits per heavy atom. The van der Waals surface area contributed by atoms with Crippen LogP contribution in [0.25, 0.3) is 0 Å².